The molecule has 1 saturated heterocycles. The minimum absolute atomic E-state index is 0.644. The SMILES string of the molecule is CCN(CC)C1CCN(C(=NC)NN)C1. The standard InChI is InChI=1S/C10H23N5/c1-4-14(5-2)9-6-7-15(8-9)10(12-3)13-11/h9H,4-8,11H2,1-3H3,(H,12,13). The summed E-state index contributed by atoms with van der Waals surface area (Å²) in [5.41, 5.74) is 2.65. The van der Waals surface area contributed by atoms with Crippen LogP contribution in [0.4, 0.5) is 0 Å². The highest BCUT2D eigenvalue weighted by Gasteiger charge is 2.27. The molecule has 5 nitrogen and oxygen atoms in total. The Kier molecular flexibility index (Phi) is 4.84. The topological polar surface area (TPSA) is 56.9 Å². The Bertz CT molecular complexity index is 212. The first-order valence-electron chi connectivity index (χ1n) is 5.69. The van der Waals surface area contributed by atoms with Crippen LogP contribution in [-0.2, 0) is 0 Å². The van der Waals surface area contributed by atoms with E-state index in [1.54, 1.807) is 7.05 Å². The van der Waals surface area contributed by atoms with Crippen molar-refractivity contribution in [2.24, 2.45) is 10.8 Å². The average molecular weight is 213 g/mol. The van der Waals surface area contributed by atoms with Crippen LogP contribution in [0.3, 0.4) is 0 Å². The zero-order chi connectivity index (χ0) is 11.3. The molecule has 0 aliphatic carbocycles. The maximum Gasteiger partial charge on any atom is 0.208 e. The number of hydrogen-bond acceptors (Lipinski definition) is 3. The van der Waals surface area contributed by atoms with E-state index in [9.17, 15) is 0 Å². The first-order valence-corrected chi connectivity index (χ1v) is 5.69. The van der Waals surface area contributed by atoms with Gasteiger partial charge in [-0.1, -0.05) is 13.8 Å². The molecule has 5 heteroatoms. The van der Waals surface area contributed by atoms with Gasteiger partial charge in [-0.15, -0.1) is 0 Å². The molecule has 0 saturated carbocycles. The number of hydrazine groups is 1. The molecular weight excluding hydrogens is 190 g/mol. The van der Waals surface area contributed by atoms with Crippen LogP contribution < -0.4 is 11.3 Å². The van der Waals surface area contributed by atoms with E-state index in [4.69, 9.17) is 5.84 Å². The number of rotatable bonds is 3. The summed E-state index contributed by atoms with van der Waals surface area (Å²) >= 11 is 0. The van der Waals surface area contributed by atoms with Crippen molar-refractivity contribution in [1.29, 1.82) is 0 Å². The van der Waals surface area contributed by atoms with Crippen LogP contribution in [0.25, 0.3) is 0 Å². The summed E-state index contributed by atoms with van der Waals surface area (Å²) in [5, 5.41) is 0. The Hall–Kier alpha value is -0.810. The van der Waals surface area contributed by atoms with Gasteiger partial charge in [0.25, 0.3) is 0 Å². The molecule has 0 bridgehead atoms. The van der Waals surface area contributed by atoms with Gasteiger partial charge in [0.15, 0.2) is 0 Å². The summed E-state index contributed by atoms with van der Waals surface area (Å²) < 4.78 is 0. The van der Waals surface area contributed by atoms with Gasteiger partial charge in [0, 0.05) is 26.2 Å². The predicted octanol–water partition coefficient (Wildman–Crippen LogP) is -0.148. The van der Waals surface area contributed by atoms with Gasteiger partial charge >= 0.3 is 0 Å². The highest BCUT2D eigenvalue weighted by molar-refractivity contribution is 5.79. The smallest absolute Gasteiger partial charge is 0.208 e. The molecule has 15 heavy (non-hydrogen) atoms. The summed E-state index contributed by atoms with van der Waals surface area (Å²) in [7, 11) is 1.76. The van der Waals surface area contributed by atoms with Crippen LogP contribution >= 0.6 is 0 Å². The third-order valence-electron chi connectivity index (χ3n) is 3.13. The second-order valence-corrected chi connectivity index (χ2v) is 3.80. The van der Waals surface area contributed by atoms with Gasteiger partial charge in [0.2, 0.25) is 5.96 Å². The second kappa shape index (κ2) is 5.92. The molecule has 1 unspecified atom stereocenters. The van der Waals surface area contributed by atoms with Gasteiger partial charge in [-0.25, -0.2) is 5.84 Å². The van der Waals surface area contributed by atoms with Crippen LogP contribution in [-0.4, -0.2) is 55.0 Å². The highest BCUT2D eigenvalue weighted by atomic mass is 15.4. The third-order valence-corrected chi connectivity index (χ3v) is 3.13. The molecule has 88 valence electrons. The minimum atomic E-state index is 0.644. The van der Waals surface area contributed by atoms with Crippen LogP contribution in [0.1, 0.15) is 20.3 Å². The van der Waals surface area contributed by atoms with Crippen molar-refractivity contribution in [3.8, 4) is 0 Å². The zero-order valence-electron chi connectivity index (χ0n) is 10.0. The Morgan fingerprint density at radius 2 is 2.20 bits per heavy atom. The van der Waals surface area contributed by atoms with Crippen molar-refractivity contribution < 1.29 is 0 Å². The second-order valence-electron chi connectivity index (χ2n) is 3.80. The molecule has 0 aromatic heterocycles. The molecule has 1 fully saturated rings. The number of guanidine groups is 1. The van der Waals surface area contributed by atoms with Gasteiger partial charge in [-0.05, 0) is 19.5 Å². The quantitative estimate of drug-likeness (QED) is 0.296. The lowest BCUT2D eigenvalue weighted by Crippen LogP contribution is -2.45. The lowest BCUT2D eigenvalue weighted by molar-refractivity contribution is 0.223. The Morgan fingerprint density at radius 1 is 1.53 bits per heavy atom. The normalized spacial score (nSPS) is 22.6. The maximum atomic E-state index is 5.41. The average Bonchev–Trinajstić information content (AvgIpc) is 2.71. The molecule has 1 aliphatic rings. The fourth-order valence-corrected chi connectivity index (χ4v) is 2.27. The summed E-state index contributed by atoms with van der Waals surface area (Å²) in [6.07, 6.45) is 1.20. The van der Waals surface area contributed by atoms with E-state index >= 15 is 0 Å². The van der Waals surface area contributed by atoms with E-state index < -0.39 is 0 Å². The molecule has 0 radical (unpaired) electrons. The van der Waals surface area contributed by atoms with Crippen molar-refractivity contribution in [1.82, 2.24) is 15.2 Å². The summed E-state index contributed by atoms with van der Waals surface area (Å²) in [6.45, 7) is 8.72. The van der Waals surface area contributed by atoms with E-state index in [-0.39, 0.29) is 0 Å². The number of nitrogens with zero attached hydrogens (tertiary/aromatic N) is 3. The predicted molar refractivity (Wildman–Crippen MR) is 63.6 cm³/mol. The molecule has 0 aromatic carbocycles. The third kappa shape index (κ3) is 2.82. The van der Waals surface area contributed by atoms with Gasteiger partial charge in [-0.3, -0.25) is 15.3 Å². The van der Waals surface area contributed by atoms with E-state index in [0.29, 0.717) is 6.04 Å². The lowest BCUT2D eigenvalue weighted by atomic mass is 10.2. The number of nitrogens with one attached hydrogen (secondary N) is 1. The molecule has 0 spiro atoms. The number of aliphatic imine (C=N–C) groups is 1. The first kappa shape index (κ1) is 12.3. The molecule has 0 amide bonds. The number of nitrogens with two attached hydrogens (primary N) is 1. The fraction of sp³-hybridized carbons (Fsp3) is 0.900. The molecule has 1 rings (SSSR count). The minimum Gasteiger partial charge on any atom is -0.340 e. The molecule has 1 heterocycles. The van der Waals surface area contributed by atoms with Crippen molar-refractivity contribution in [2.75, 3.05) is 33.2 Å². The van der Waals surface area contributed by atoms with Gasteiger partial charge in [0.1, 0.15) is 0 Å². The van der Waals surface area contributed by atoms with Crippen molar-refractivity contribution in [3.63, 3.8) is 0 Å². The summed E-state index contributed by atoms with van der Waals surface area (Å²) in [4.78, 5) is 8.82. The van der Waals surface area contributed by atoms with E-state index in [0.717, 1.165) is 32.1 Å². The van der Waals surface area contributed by atoms with Crippen LogP contribution in [0, 0.1) is 0 Å². The first-order chi connectivity index (χ1) is 7.26. The Morgan fingerprint density at radius 3 is 2.67 bits per heavy atom. The Balaban J connectivity index is 2.51. The molecule has 1 atom stereocenters. The Labute approximate surface area is 92.3 Å². The number of likely N-dealkylation sites (tertiary alicyclic amines) is 1. The van der Waals surface area contributed by atoms with Crippen LogP contribution in [0.5, 0.6) is 0 Å². The van der Waals surface area contributed by atoms with E-state index in [1.807, 2.05) is 0 Å². The van der Waals surface area contributed by atoms with Crippen LogP contribution in [0.15, 0.2) is 4.99 Å². The molecular formula is C10H23N5. The fourth-order valence-electron chi connectivity index (χ4n) is 2.27. The van der Waals surface area contributed by atoms with Crippen molar-refractivity contribution >= 4 is 5.96 Å². The molecule has 3 N–H and O–H groups in total. The van der Waals surface area contributed by atoms with E-state index in [1.165, 1.54) is 6.42 Å². The molecule has 0 aromatic rings. The number of hydrogen-bond donors (Lipinski definition) is 2. The summed E-state index contributed by atoms with van der Waals surface area (Å²) in [5.74, 6) is 6.21. The van der Waals surface area contributed by atoms with E-state index in [2.05, 4.69) is 34.1 Å². The van der Waals surface area contributed by atoms with Crippen molar-refractivity contribution in [3.05, 3.63) is 0 Å². The maximum absolute atomic E-state index is 5.41. The van der Waals surface area contributed by atoms with Gasteiger partial charge < -0.3 is 4.90 Å². The molecule has 1 aliphatic heterocycles. The monoisotopic (exact) mass is 213 g/mol. The highest BCUT2D eigenvalue weighted by Crippen LogP contribution is 2.15. The number of likely N-dealkylation sites (N-methyl/N-ethyl adjacent to an activating group) is 1. The van der Waals surface area contributed by atoms with Crippen molar-refractivity contribution in [2.45, 2.75) is 26.3 Å². The lowest BCUT2D eigenvalue weighted by Gasteiger charge is -2.26. The van der Waals surface area contributed by atoms with Gasteiger partial charge in [-0.2, -0.15) is 0 Å². The largest absolute Gasteiger partial charge is 0.340 e. The van der Waals surface area contributed by atoms with Crippen LogP contribution in [0.2, 0.25) is 0 Å². The summed E-state index contributed by atoms with van der Waals surface area (Å²) in [6, 6.07) is 0.644. The van der Waals surface area contributed by atoms with Gasteiger partial charge in [0.05, 0.1) is 0 Å². The zero-order valence-corrected chi connectivity index (χ0v) is 10.0.